The molecule has 140 valence electrons. The lowest BCUT2D eigenvalue weighted by atomic mass is 10.1. The predicted molar refractivity (Wildman–Crippen MR) is 104 cm³/mol. The molecule has 0 aliphatic carbocycles. The van der Waals surface area contributed by atoms with Gasteiger partial charge < -0.3 is 15.0 Å². The standard InChI is InChI=1S/C20H21N3O3S/c24-18-13-27-20-17(4-1-9-21-20)23(18)12-14-5-7-15(8-6-14)19(25)22-11-16-3-2-10-26-16/h1,4-9,16H,2-3,10-13H2,(H,22,25). The monoisotopic (exact) mass is 383 g/mol. The molecule has 1 aromatic carbocycles. The number of benzene rings is 1. The summed E-state index contributed by atoms with van der Waals surface area (Å²) in [5.74, 6) is 0.365. The van der Waals surface area contributed by atoms with Crippen molar-refractivity contribution < 1.29 is 14.3 Å². The maximum absolute atomic E-state index is 12.3. The highest BCUT2D eigenvalue weighted by atomic mass is 32.2. The van der Waals surface area contributed by atoms with Crippen LogP contribution in [-0.2, 0) is 16.1 Å². The van der Waals surface area contributed by atoms with Crippen LogP contribution >= 0.6 is 11.8 Å². The van der Waals surface area contributed by atoms with Crippen LogP contribution in [0.2, 0.25) is 0 Å². The van der Waals surface area contributed by atoms with Gasteiger partial charge in [-0.2, -0.15) is 0 Å². The summed E-state index contributed by atoms with van der Waals surface area (Å²) in [6.45, 7) is 1.79. The Morgan fingerprint density at radius 2 is 2.15 bits per heavy atom. The third kappa shape index (κ3) is 4.14. The molecule has 0 saturated carbocycles. The summed E-state index contributed by atoms with van der Waals surface area (Å²) in [4.78, 5) is 30.7. The van der Waals surface area contributed by atoms with E-state index < -0.39 is 0 Å². The number of hydrogen-bond acceptors (Lipinski definition) is 5. The molecule has 27 heavy (non-hydrogen) atoms. The van der Waals surface area contributed by atoms with E-state index in [0.29, 0.717) is 24.4 Å². The molecule has 2 aliphatic heterocycles. The molecule has 1 N–H and O–H groups in total. The van der Waals surface area contributed by atoms with E-state index in [1.165, 1.54) is 11.8 Å². The number of rotatable bonds is 5. The van der Waals surface area contributed by atoms with Crippen LogP contribution in [0.25, 0.3) is 0 Å². The predicted octanol–water partition coefficient (Wildman–Crippen LogP) is 2.63. The Kier molecular flexibility index (Phi) is 5.40. The van der Waals surface area contributed by atoms with Crippen molar-refractivity contribution in [1.29, 1.82) is 0 Å². The minimum absolute atomic E-state index is 0.0684. The van der Waals surface area contributed by atoms with Crippen molar-refractivity contribution in [2.45, 2.75) is 30.5 Å². The first-order chi connectivity index (χ1) is 13.2. The van der Waals surface area contributed by atoms with Crippen molar-refractivity contribution in [3.05, 3.63) is 53.7 Å². The van der Waals surface area contributed by atoms with Gasteiger partial charge in [0.05, 0.1) is 24.1 Å². The highest BCUT2D eigenvalue weighted by Crippen LogP contribution is 2.33. The number of ether oxygens (including phenoxy) is 1. The maximum atomic E-state index is 12.3. The normalized spacial score (nSPS) is 19.0. The maximum Gasteiger partial charge on any atom is 0.251 e. The van der Waals surface area contributed by atoms with Crippen LogP contribution in [0, 0.1) is 0 Å². The van der Waals surface area contributed by atoms with Crippen LogP contribution in [0.3, 0.4) is 0 Å². The molecular weight excluding hydrogens is 362 g/mol. The summed E-state index contributed by atoms with van der Waals surface area (Å²) in [6.07, 6.45) is 3.92. The molecule has 1 saturated heterocycles. The first-order valence-corrected chi connectivity index (χ1v) is 10.1. The van der Waals surface area contributed by atoms with Crippen molar-refractivity contribution in [1.82, 2.24) is 10.3 Å². The first kappa shape index (κ1) is 18.0. The summed E-state index contributed by atoms with van der Waals surface area (Å²) in [5, 5.41) is 3.80. The number of aromatic nitrogens is 1. The molecule has 1 unspecified atom stereocenters. The second-order valence-electron chi connectivity index (χ2n) is 6.64. The number of fused-ring (bicyclic) bond motifs is 1. The number of anilines is 1. The molecule has 1 aromatic heterocycles. The molecule has 4 rings (SSSR count). The number of hydrogen-bond donors (Lipinski definition) is 1. The summed E-state index contributed by atoms with van der Waals surface area (Å²) in [5.41, 5.74) is 2.43. The number of pyridine rings is 1. The highest BCUT2D eigenvalue weighted by Gasteiger charge is 2.25. The van der Waals surface area contributed by atoms with Crippen LogP contribution in [0.4, 0.5) is 5.69 Å². The lowest BCUT2D eigenvalue weighted by Crippen LogP contribution is -2.35. The zero-order valence-electron chi connectivity index (χ0n) is 14.9. The van der Waals surface area contributed by atoms with E-state index in [4.69, 9.17) is 4.74 Å². The van der Waals surface area contributed by atoms with Crippen LogP contribution in [0.5, 0.6) is 0 Å². The highest BCUT2D eigenvalue weighted by molar-refractivity contribution is 8.00. The van der Waals surface area contributed by atoms with E-state index in [9.17, 15) is 9.59 Å². The Hall–Kier alpha value is -2.38. The van der Waals surface area contributed by atoms with Crippen molar-refractivity contribution in [3.8, 4) is 0 Å². The lowest BCUT2D eigenvalue weighted by molar-refractivity contribution is -0.116. The third-order valence-electron chi connectivity index (χ3n) is 4.75. The molecule has 0 spiro atoms. The SMILES string of the molecule is O=C(NCC1CCCO1)c1ccc(CN2C(=O)CSc3ncccc32)cc1. The lowest BCUT2D eigenvalue weighted by Gasteiger charge is -2.28. The number of thioether (sulfide) groups is 1. The van der Waals surface area contributed by atoms with Gasteiger partial charge in [-0.3, -0.25) is 9.59 Å². The molecule has 1 fully saturated rings. The molecule has 2 amide bonds. The van der Waals surface area contributed by atoms with Gasteiger partial charge >= 0.3 is 0 Å². The van der Waals surface area contributed by atoms with Crippen molar-refractivity contribution in [3.63, 3.8) is 0 Å². The first-order valence-electron chi connectivity index (χ1n) is 9.07. The van der Waals surface area contributed by atoms with Gasteiger partial charge in [-0.25, -0.2) is 4.98 Å². The molecule has 2 aliphatic rings. The van der Waals surface area contributed by atoms with Crippen LogP contribution < -0.4 is 10.2 Å². The molecular formula is C20H21N3O3S. The molecule has 0 bridgehead atoms. The van der Waals surface area contributed by atoms with E-state index in [0.717, 1.165) is 35.7 Å². The second kappa shape index (κ2) is 8.10. The van der Waals surface area contributed by atoms with Crippen LogP contribution in [0.15, 0.2) is 47.6 Å². The number of carbonyl (C=O) groups excluding carboxylic acids is 2. The zero-order valence-corrected chi connectivity index (χ0v) is 15.7. The molecule has 3 heterocycles. The number of nitrogens with zero attached hydrogens (tertiary/aromatic N) is 2. The van der Waals surface area contributed by atoms with E-state index in [2.05, 4.69) is 10.3 Å². The minimum Gasteiger partial charge on any atom is -0.376 e. The van der Waals surface area contributed by atoms with Crippen molar-refractivity contribution in [2.75, 3.05) is 23.8 Å². The van der Waals surface area contributed by atoms with Crippen molar-refractivity contribution in [2.24, 2.45) is 0 Å². The van der Waals surface area contributed by atoms with Gasteiger partial charge in [-0.05, 0) is 42.7 Å². The number of nitrogens with one attached hydrogen (secondary N) is 1. The Balaban J connectivity index is 1.40. The number of amides is 2. The molecule has 1 atom stereocenters. The summed E-state index contributed by atoms with van der Waals surface area (Å²) < 4.78 is 5.52. The summed E-state index contributed by atoms with van der Waals surface area (Å²) >= 11 is 1.47. The average molecular weight is 383 g/mol. The Bertz CT molecular complexity index is 835. The summed E-state index contributed by atoms with van der Waals surface area (Å²) in [7, 11) is 0. The van der Waals surface area contributed by atoms with Crippen molar-refractivity contribution >= 4 is 29.3 Å². The Morgan fingerprint density at radius 3 is 2.93 bits per heavy atom. The van der Waals surface area contributed by atoms with Gasteiger partial charge in [-0.1, -0.05) is 23.9 Å². The zero-order chi connectivity index (χ0) is 18.6. The van der Waals surface area contributed by atoms with Crippen LogP contribution in [0.1, 0.15) is 28.8 Å². The van der Waals surface area contributed by atoms with E-state index >= 15 is 0 Å². The molecule has 7 heteroatoms. The van der Waals surface area contributed by atoms with Gasteiger partial charge in [0.15, 0.2) is 0 Å². The fourth-order valence-electron chi connectivity index (χ4n) is 3.27. The molecule has 2 aromatic rings. The quantitative estimate of drug-likeness (QED) is 0.859. The van der Waals surface area contributed by atoms with E-state index in [1.807, 2.05) is 24.3 Å². The Labute approximate surface area is 162 Å². The second-order valence-corrected chi connectivity index (χ2v) is 7.60. The van der Waals surface area contributed by atoms with Gasteiger partial charge in [0, 0.05) is 24.9 Å². The Morgan fingerprint density at radius 1 is 1.30 bits per heavy atom. The minimum atomic E-state index is -0.1000. The van der Waals surface area contributed by atoms with Gasteiger partial charge in [-0.15, -0.1) is 0 Å². The van der Waals surface area contributed by atoms with Crippen LogP contribution in [-0.4, -0.2) is 41.8 Å². The fraction of sp³-hybridized carbons (Fsp3) is 0.350. The smallest absolute Gasteiger partial charge is 0.251 e. The van der Waals surface area contributed by atoms with Gasteiger partial charge in [0.2, 0.25) is 5.91 Å². The topological polar surface area (TPSA) is 71.5 Å². The number of carbonyl (C=O) groups is 2. The van der Waals surface area contributed by atoms with E-state index in [-0.39, 0.29) is 17.9 Å². The largest absolute Gasteiger partial charge is 0.376 e. The van der Waals surface area contributed by atoms with Gasteiger partial charge in [0.1, 0.15) is 5.03 Å². The summed E-state index contributed by atoms with van der Waals surface area (Å²) in [6, 6.07) is 11.1. The van der Waals surface area contributed by atoms with E-state index in [1.54, 1.807) is 23.2 Å². The third-order valence-corrected chi connectivity index (χ3v) is 5.73. The molecule has 6 nitrogen and oxygen atoms in total. The average Bonchev–Trinajstić information content (AvgIpc) is 3.22. The van der Waals surface area contributed by atoms with Gasteiger partial charge in [0.25, 0.3) is 5.91 Å². The fourth-order valence-corrected chi connectivity index (χ4v) is 4.15. The molecule has 0 radical (unpaired) electrons.